The Balaban J connectivity index is 2.38. The highest BCUT2D eigenvalue weighted by molar-refractivity contribution is 6.30. The third-order valence-electron chi connectivity index (χ3n) is 3.68. The van der Waals surface area contributed by atoms with E-state index in [1.807, 2.05) is 31.2 Å². The molecule has 1 unspecified atom stereocenters. The number of rotatable bonds is 4. The topological polar surface area (TPSA) is 35.5 Å². The Labute approximate surface area is 112 Å². The largest absolute Gasteiger partial charge is 0.469 e. The lowest BCUT2D eigenvalue weighted by Crippen LogP contribution is -2.54. The predicted molar refractivity (Wildman–Crippen MR) is 69.7 cm³/mol. The van der Waals surface area contributed by atoms with E-state index in [-0.39, 0.29) is 17.3 Å². The van der Waals surface area contributed by atoms with Crippen LogP contribution in [0.4, 0.5) is 0 Å². The molecule has 0 amide bonds. The van der Waals surface area contributed by atoms with Gasteiger partial charge in [-0.1, -0.05) is 30.7 Å². The van der Waals surface area contributed by atoms with Gasteiger partial charge in [-0.3, -0.25) is 4.79 Å². The zero-order valence-electron chi connectivity index (χ0n) is 10.6. The van der Waals surface area contributed by atoms with Crippen molar-refractivity contribution >= 4 is 17.6 Å². The van der Waals surface area contributed by atoms with E-state index in [4.69, 9.17) is 21.1 Å². The van der Waals surface area contributed by atoms with Crippen molar-refractivity contribution in [2.75, 3.05) is 20.3 Å². The van der Waals surface area contributed by atoms with Gasteiger partial charge in [0.1, 0.15) is 0 Å². The van der Waals surface area contributed by atoms with Crippen LogP contribution in [0.2, 0.25) is 5.02 Å². The third-order valence-corrected chi connectivity index (χ3v) is 3.91. The van der Waals surface area contributed by atoms with Gasteiger partial charge in [0.05, 0.1) is 31.7 Å². The number of esters is 1. The first-order valence-corrected chi connectivity index (χ1v) is 6.43. The highest BCUT2D eigenvalue weighted by atomic mass is 35.5. The van der Waals surface area contributed by atoms with E-state index in [0.717, 1.165) is 12.0 Å². The fraction of sp³-hybridized carbons (Fsp3) is 0.500. The summed E-state index contributed by atoms with van der Waals surface area (Å²) in [5.41, 5.74) is 0.769. The number of benzene rings is 1. The minimum atomic E-state index is -0.285. The zero-order valence-corrected chi connectivity index (χ0v) is 11.4. The molecule has 98 valence electrons. The molecule has 1 heterocycles. The van der Waals surface area contributed by atoms with Crippen LogP contribution in [0.3, 0.4) is 0 Å². The number of ether oxygens (including phenoxy) is 2. The minimum Gasteiger partial charge on any atom is -0.469 e. The summed E-state index contributed by atoms with van der Waals surface area (Å²) in [6.07, 6.45) is 0.725. The first-order valence-electron chi connectivity index (χ1n) is 6.05. The Kier molecular flexibility index (Phi) is 3.93. The van der Waals surface area contributed by atoms with Gasteiger partial charge < -0.3 is 9.47 Å². The highest BCUT2D eigenvalue weighted by Crippen LogP contribution is 2.42. The molecule has 1 aliphatic rings. The zero-order chi connectivity index (χ0) is 13.2. The molecule has 1 saturated heterocycles. The Morgan fingerprint density at radius 2 is 2.28 bits per heavy atom. The van der Waals surface area contributed by atoms with Crippen LogP contribution in [0.1, 0.15) is 18.9 Å². The molecule has 0 radical (unpaired) electrons. The van der Waals surface area contributed by atoms with E-state index in [0.29, 0.717) is 18.2 Å². The van der Waals surface area contributed by atoms with Crippen LogP contribution in [-0.4, -0.2) is 26.3 Å². The summed E-state index contributed by atoms with van der Waals surface area (Å²) < 4.78 is 10.3. The van der Waals surface area contributed by atoms with Crippen molar-refractivity contribution in [3.05, 3.63) is 34.9 Å². The first-order chi connectivity index (χ1) is 8.64. The maximum atomic E-state index is 11.9. The second-order valence-corrected chi connectivity index (χ2v) is 5.08. The molecule has 4 heteroatoms. The number of carbonyl (C=O) groups is 1. The molecule has 1 fully saturated rings. The van der Waals surface area contributed by atoms with Crippen LogP contribution in [0, 0.1) is 5.92 Å². The molecule has 1 aromatic carbocycles. The average molecular weight is 269 g/mol. The number of halogens is 1. The fourth-order valence-corrected chi connectivity index (χ4v) is 2.80. The van der Waals surface area contributed by atoms with Gasteiger partial charge in [0.2, 0.25) is 0 Å². The lowest BCUT2D eigenvalue weighted by Gasteiger charge is -2.46. The van der Waals surface area contributed by atoms with Crippen molar-refractivity contribution in [2.45, 2.75) is 18.8 Å². The quantitative estimate of drug-likeness (QED) is 0.788. The van der Waals surface area contributed by atoms with Crippen LogP contribution in [0.5, 0.6) is 0 Å². The second kappa shape index (κ2) is 5.29. The summed E-state index contributed by atoms with van der Waals surface area (Å²) in [4.78, 5) is 11.9. The van der Waals surface area contributed by atoms with Gasteiger partial charge in [0.15, 0.2) is 0 Å². The van der Waals surface area contributed by atoms with E-state index in [1.165, 1.54) is 7.11 Å². The lowest BCUT2D eigenvalue weighted by molar-refractivity contribution is -0.160. The molecule has 1 atom stereocenters. The third kappa shape index (κ3) is 2.13. The van der Waals surface area contributed by atoms with Crippen LogP contribution < -0.4 is 0 Å². The molecule has 0 aliphatic carbocycles. The fourth-order valence-electron chi connectivity index (χ4n) is 2.61. The van der Waals surface area contributed by atoms with Gasteiger partial charge in [-0.05, 0) is 24.1 Å². The molecule has 0 N–H and O–H groups in total. The number of methoxy groups -OCH3 is 1. The SMILES string of the molecule is CCC(C(=O)OC)C1(c2cccc(Cl)c2)COC1. The van der Waals surface area contributed by atoms with Gasteiger partial charge in [-0.15, -0.1) is 0 Å². The molecule has 2 rings (SSSR count). The highest BCUT2D eigenvalue weighted by Gasteiger charge is 2.50. The first kappa shape index (κ1) is 13.4. The van der Waals surface area contributed by atoms with Gasteiger partial charge in [0.25, 0.3) is 0 Å². The second-order valence-electron chi connectivity index (χ2n) is 4.64. The number of carbonyl (C=O) groups excluding carboxylic acids is 1. The van der Waals surface area contributed by atoms with Crippen molar-refractivity contribution in [1.29, 1.82) is 0 Å². The molecule has 3 nitrogen and oxygen atoms in total. The monoisotopic (exact) mass is 268 g/mol. The molecule has 0 spiro atoms. The van der Waals surface area contributed by atoms with Gasteiger partial charge in [0, 0.05) is 5.02 Å². The summed E-state index contributed by atoms with van der Waals surface area (Å²) in [6, 6.07) is 7.65. The van der Waals surface area contributed by atoms with E-state index >= 15 is 0 Å². The minimum absolute atomic E-state index is 0.180. The molecule has 1 aliphatic heterocycles. The lowest BCUT2D eigenvalue weighted by atomic mass is 9.67. The maximum absolute atomic E-state index is 11.9. The molecular formula is C14H17ClO3. The van der Waals surface area contributed by atoms with E-state index in [2.05, 4.69) is 0 Å². The molecule has 0 saturated carbocycles. The summed E-state index contributed by atoms with van der Waals surface area (Å²) in [5.74, 6) is -0.365. The van der Waals surface area contributed by atoms with Crippen molar-refractivity contribution in [2.24, 2.45) is 5.92 Å². The van der Waals surface area contributed by atoms with Crippen LogP contribution in [-0.2, 0) is 19.7 Å². The Bertz CT molecular complexity index is 440. The predicted octanol–water partition coefficient (Wildman–Crippen LogP) is 2.81. The van der Waals surface area contributed by atoms with E-state index in [9.17, 15) is 4.79 Å². The van der Waals surface area contributed by atoms with Crippen molar-refractivity contribution in [3.63, 3.8) is 0 Å². The van der Waals surface area contributed by atoms with Gasteiger partial charge in [-0.25, -0.2) is 0 Å². The Morgan fingerprint density at radius 3 is 2.72 bits per heavy atom. The standard InChI is InChI=1S/C14H17ClO3/c1-3-12(13(16)17-2)14(8-18-9-14)10-5-4-6-11(15)7-10/h4-7,12H,3,8-9H2,1-2H3. The number of hydrogen-bond donors (Lipinski definition) is 0. The van der Waals surface area contributed by atoms with E-state index in [1.54, 1.807) is 0 Å². The van der Waals surface area contributed by atoms with Crippen LogP contribution in [0.15, 0.2) is 24.3 Å². The van der Waals surface area contributed by atoms with Crippen molar-refractivity contribution in [1.82, 2.24) is 0 Å². The smallest absolute Gasteiger partial charge is 0.309 e. The Hall–Kier alpha value is -1.06. The van der Waals surface area contributed by atoms with Crippen LogP contribution in [0.25, 0.3) is 0 Å². The molecule has 0 aromatic heterocycles. The van der Waals surface area contributed by atoms with Crippen molar-refractivity contribution < 1.29 is 14.3 Å². The summed E-state index contributed by atoms with van der Waals surface area (Å²) in [6.45, 7) is 3.08. The summed E-state index contributed by atoms with van der Waals surface area (Å²) in [7, 11) is 1.43. The molecule has 0 bridgehead atoms. The molecular weight excluding hydrogens is 252 g/mol. The molecule has 1 aromatic rings. The van der Waals surface area contributed by atoms with Crippen molar-refractivity contribution in [3.8, 4) is 0 Å². The Morgan fingerprint density at radius 1 is 1.56 bits per heavy atom. The summed E-state index contributed by atoms with van der Waals surface area (Å²) in [5, 5.41) is 0.679. The molecule has 18 heavy (non-hydrogen) atoms. The van der Waals surface area contributed by atoms with E-state index < -0.39 is 0 Å². The average Bonchev–Trinajstić information content (AvgIpc) is 2.32. The number of hydrogen-bond acceptors (Lipinski definition) is 3. The maximum Gasteiger partial charge on any atom is 0.309 e. The normalized spacial score (nSPS) is 18.8. The van der Waals surface area contributed by atoms with Crippen LogP contribution >= 0.6 is 11.6 Å². The van der Waals surface area contributed by atoms with Gasteiger partial charge in [-0.2, -0.15) is 0 Å². The summed E-state index contributed by atoms with van der Waals surface area (Å²) >= 11 is 6.04. The van der Waals surface area contributed by atoms with Gasteiger partial charge >= 0.3 is 5.97 Å².